The summed E-state index contributed by atoms with van der Waals surface area (Å²) in [5.41, 5.74) is -1.18. The van der Waals surface area contributed by atoms with Gasteiger partial charge in [-0.3, -0.25) is 0 Å². The van der Waals surface area contributed by atoms with Crippen molar-refractivity contribution in [1.82, 2.24) is 9.78 Å². The van der Waals surface area contributed by atoms with Crippen LogP contribution in [0.3, 0.4) is 0 Å². The highest BCUT2D eigenvalue weighted by atomic mass is 19.3. The molecule has 1 aromatic rings. The molecular formula is C12H16BF5N2O2. The van der Waals surface area contributed by atoms with Gasteiger partial charge in [-0.2, -0.15) is 13.9 Å². The standard InChI is InChI=1S/C12H16BF5N2O2/c1-10(2)11(3,4)22-13(21-10)7-5-19-20(6-7)9(16)12(17,18)8(14)15/h5-6,8-9H,1-4H3. The lowest BCUT2D eigenvalue weighted by Gasteiger charge is -2.32. The molecule has 4 nitrogen and oxygen atoms in total. The minimum absolute atomic E-state index is 0.145. The van der Waals surface area contributed by atoms with E-state index in [0.717, 1.165) is 12.4 Å². The fourth-order valence-corrected chi connectivity index (χ4v) is 1.86. The highest BCUT2D eigenvalue weighted by Crippen LogP contribution is 2.37. The summed E-state index contributed by atoms with van der Waals surface area (Å²) < 4.78 is 75.4. The van der Waals surface area contributed by atoms with E-state index in [9.17, 15) is 22.0 Å². The van der Waals surface area contributed by atoms with Gasteiger partial charge in [-0.25, -0.2) is 17.9 Å². The third-order valence-electron chi connectivity index (χ3n) is 3.99. The number of nitrogens with zero attached hydrogens (tertiary/aromatic N) is 2. The van der Waals surface area contributed by atoms with Crippen molar-refractivity contribution in [2.24, 2.45) is 0 Å². The van der Waals surface area contributed by atoms with E-state index in [1.165, 1.54) is 0 Å². The van der Waals surface area contributed by atoms with Crippen LogP contribution in [0.15, 0.2) is 12.4 Å². The molecular weight excluding hydrogens is 310 g/mol. The van der Waals surface area contributed by atoms with Gasteiger partial charge in [0.05, 0.1) is 11.2 Å². The molecule has 1 aliphatic heterocycles. The SMILES string of the molecule is CC1(C)OB(c2cnn(C(F)C(F)(F)C(F)F)c2)OC1(C)C. The van der Waals surface area contributed by atoms with E-state index in [1.807, 2.05) is 0 Å². The fraction of sp³-hybridized carbons (Fsp3) is 0.750. The second-order valence-corrected chi connectivity index (χ2v) is 6.15. The molecule has 10 heteroatoms. The third-order valence-corrected chi connectivity index (χ3v) is 3.99. The lowest BCUT2D eigenvalue weighted by molar-refractivity contribution is -0.194. The molecule has 1 atom stereocenters. The topological polar surface area (TPSA) is 36.3 Å². The predicted molar refractivity (Wildman–Crippen MR) is 69.0 cm³/mol. The van der Waals surface area contributed by atoms with Crippen LogP contribution in [-0.4, -0.2) is 40.4 Å². The Morgan fingerprint density at radius 2 is 1.64 bits per heavy atom. The summed E-state index contributed by atoms with van der Waals surface area (Å²) in [6, 6.07) is 0. The van der Waals surface area contributed by atoms with Gasteiger partial charge in [-0.05, 0) is 27.7 Å². The van der Waals surface area contributed by atoms with Crippen LogP contribution in [0.5, 0.6) is 0 Å². The van der Waals surface area contributed by atoms with E-state index < -0.39 is 37.0 Å². The zero-order chi connectivity index (χ0) is 16.9. The average molecular weight is 326 g/mol. The van der Waals surface area contributed by atoms with Gasteiger partial charge in [0.25, 0.3) is 6.30 Å². The summed E-state index contributed by atoms with van der Waals surface area (Å²) in [7, 11) is -0.939. The molecule has 1 aliphatic rings. The van der Waals surface area contributed by atoms with Crippen LogP contribution in [-0.2, 0) is 9.31 Å². The van der Waals surface area contributed by atoms with Crippen molar-refractivity contribution < 1.29 is 31.3 Å². The Labute approximate surface area is 124 Å². The average Bonchev–Trinajstić information content (AvgIpc) is 2.92. The van der Waals surface area contributed by atoms with Gasteiger partial charge in [0.2, 0.25) is 0 Å². The first-order valence-electron chi connectivity index (χ1n) is 6.58. The predicted octanol–water partition coefficient (Wildman–Crippen LogP) is 2.55. The van der Waals surface area contributed by atoms with E-state index in [2.05, 4.69) is 5.10 Å². The summed E-state index contributed by atoms with van der Waals surface area (Å²) in [6.07, 6.45) is -5.48. The minimum atomic E-state index is -4.83. The molecule has 1 fully saturated rings. The van der Waals surface area contributed by atoms with Crippen LogP contribution in [0.2, 0.25) is 0 Å². The zero-order valence-corrected chi connectivity index (χ0v) is 12.5. The Balaban J connectivity index is 2.20. The lowest BCUT2D eigenvalue weighted by Crippen LogP contribution is -2.41. The molecule has 22 heavy (non-hydrogen) atoms. The van der Waals surface area contributed by atoms with E-state index in [0.29, 0.717) is 0 Å². The highest BCUT2D eigenvalue weighted by molar-refractivity contribution is 6.61. The van der Waals surface area contributed by atoms with Crippen molar-refractivity contribution in [1.29, 1.82) is 0 Å². The van der Waals surface area contributed by atoms with E-state index in [4.69, 9.17) is 9.31 Å². The smallest absolute Gasteiger partial charge is 0.399 e. The Morgan fingerprint density at radius 1 is 1.14 bits per heavy atom. The van der Waals surface area contributed by atoms with Crippen molar-refractivity contribution in [2.75, 3.05) is 0 Å². The van der Waals surface area contributed by atoms with Gasteiger partial charge in [0.15, 0.2) is 0 Å². The molecule has 2 heterocycles. The third kappa shape index (κ3) is 2.73. The number of rotatable bonds is 4. The summed E-state index contributed by atoms with van der Waals surface area (Å²) in [6.45, 7) is 7.11. The summed E-state index contributed by atoms with van der Waals surface area (Å²) in [5, 5.41) is 3.37. The second kappa shape index (κ2) is 5.19. The van der Waals surface area contributed by atoms with E-state index in [-0.39, 0.29) is 10.1 Å². The van der Waals surface area contributed by atoms with E-state index in [1.54, 1.807) is 27.7 Å². The van der Waals surface area contributed by atoms with Crippen LogP contribution >= 0.6 is 0 Å². The summed E-state index contributed by atoms with van der Waals surface area (Å²) >= 11 is 0. The van der Waals surface area contributed by atoms with Crippen LogP contribution in [0.4, 0.5) is 22.0 Å². The van der Waals surface area contributed by atoms with Crippen molar-refractivity contribution in [2.45, 2.75) is 57.5 Å². The molecule has 0 amide bonds. The first-order valence-corrected chi connectivity index (χ1v) is 6.58. The van der Waals surface area contributed by atoms with E-state index >= 15 is 0 Å². The van der Waals surface area contributed by atoms with Crippen LogP contribution in [0.1, 0.15) is 34.0 Å². The maximum absolute atomic E-state index is 13.6. The van der Waals surface area contributed by atoms with Crippen molar-refractivity contribution in [3.63, 3.8) is 0 Å². The molecule has 0 radical (unpaired) electrons. The quantitative estimate of drug-likeness (QED) is 0.630. The number of hydrogen-bond acceptors (Lipinski definition) is 3. The Hall–Kier alpha value is -1.16. The van der Waals surface area contributed by atoms with Crippen LogP contribution in [0, 0.1) is 0 Å². The van der Waals surface area contributed by atoms with Gasteiger partial charge in [0, 0.05) is 17.9 Å². The van der Waals surface area contributed by atoms with Gasteiger partial charge in [0.1, 0.15) is 0 Å². The zero-order valence-electron chi connectivity index (χ0n) is 12.5. The summed E-state index contributed by atoms with van der Waals surface area (Å²) in [4.78, 5) is 0. The summed E-state index contributed by atoms with van der Waals surface area (Å²) in [5.74, 6) is -4.83. The Kier molecular flexibility index (Phi) is 4.06. The van der Waals surface area contributed by atoms with Gasteiger partial charge >= 0.3 is 19.5 Å². The number of aromatic nitrogens is 2. The Morgan fingerprint density at radius 3 is 2.09 bits per heavy atom. The maximum Gasteiger partial charge on any atom is 0.498 e. The molecule has 1 saturated heterocycles. The molecule has 0 bridgehead atoms. The fourth-order valence-electron chi connectivity index (χ4n) is 1.86. The van der Waals surface area contributed by atoms with Gasteiger partial charge < -0.3 is 9.31 Å². The molecule has 0 spiro atoms. The first kappa shape index (κ1) is 17.2. The second-order valence-electron chi connectivity index (χ2n) is 6.15. The van der Waals surface area contributed by atoms with Crippen molar-refractivity contribution >= 4 is 12.6 Å². The molecule has 124 valence electrons. The highest BCUT2D eigenvalue weighted by Gasteiger charge is 2.54. The van der Waals surface area contributed by atoms with Crippen molar-refractivity contribution in [3.8, 4) is 0 Å². The molecule has 0 aromatic carbocycles. The van der Waals surface area contributed by atoms with Gasteiger partial charge in [-0.15, -0.1) is 0 Å². The van der Waals surface area contributed by atoms with Gasteiger partial charge in [-0.1, -0.05) is 0 Å². The number of alkyl halides is 5. The Bertz CT molecular complexity index is 533. The monoisotopic (exact) mass is 326 g/mol. The maximum atomic E-state index is 13.6. The van der Waals surface area contributed by atoms with Crippen LogP contribution in [0.25, 0.3) is 0 Å². The number of halogens is 5. The molecule has 0 N–H and O–H groups in total. The number of hydrogen-bond donors (Lipinski definition) is 0. The minimum Gasteiger partial charge on any atom is -0.399 e. The molecule has 0 aliphatic carbocycles. The largest absolute Gasteiger partial charge is 0.498 e. The normalized spacial score (nSPS) is 22.4. The lowest BCUT2D eigenvalue weighted by atomic mass is 9.82. The molecule has 1 aromatic heterocycles. The molecule has 2 rings (SSSR count). The first-order chi connectivity index (χ1) is 9.88. The van der Waals surface area contributed by atoms with Crippen molar-refractivity contribution in [3.05, 3.63) is 12.4 Å². The van der Waals surface area contributed by atoms with Crippen LogP contribution < -0.4 is 5.46 Å². The molecule has 1 unspecified atom stereocenters. The molecule has 0 saturated carbocycles.